The van der Waals surface area contributed by atoms with E-state index in [4.69, 9.17) is 0 Å². The molecule has 1 amide bonds. The Morgan fingerprint density at radius 2 is 1.96 bits per heavy atom. The molecule has 0 saturated carbocycles. The summed E-state index contributed by atoms with van der Waals surface area (Å²) in [7, 11) is 0. The summed E-state index contributed by atoms with van der Waals surface area (Å²) in [5.41, 5.74) is -0.220. The van der Waals surface area contributed by atoms with Gasteiger partial charge in [-0.3, -0.25) is 4.79 Å². The Hall–Kier alpha value is -1.92. The molecule has 2 aromatic carbocycles. The highest BCUT2D eigenvalue weighted by Crippen LogP contribution is 2.34. The van der Waals surface area contributed by atoms with Crippen molar-refractivity contribution in [3.8, 4) is 0 Å². The van der Waals surface area contributed by atoms with Gasteiger partial charge in [0.15, 0.2) is 0 Å². The van der Waals surface area contributed by atoms with E-state index in [1.165, 1.54) is 23.9 Å². The van der Waals surface area contributed by atoms with Crippen molar-refractivity contribution in [3.63, 3.8) is 0 Å². The Labute approximate surface area is 162 Å². The number of aliphatic hydroxyl groups is 1. The molecule has 0 bridgehead atoms. The first-order chi connectivity index (χ1) is 13.0. The summed E-state index contributed by atoms with van der Waals surface area (Å²) >= 11 is 1.48. The number of amides is 1. The molecule has 3 rings (SSSR count). The van der Waals surface area contributed by atoms with E-state index in [0.717, 1.165) is 17.4 Å². The van der Waals surface area contributed by atoms with Gasteiger partial charge >= 0.3 is 0 Å². The molecule has 0 unspecified atom stereocenters. The Bertz CT molecular complexity index is 787. The number of halogens is 2. The van der Waals surface area contributed by atoms with Gasteiger partial charge in [-0.15, -0.1) is 11.8 Å². The van der Waals surface area contributed by atoms with Gasteiger partial charge in [0, 0.05) is 29.5 Å². The number of hydrogen-bond acceptors (Lipinski definition) is 3. The first-order valence-corrected chi connectivity index (χ1v) is 10.0. The van der Waals surface area contributed by atoms with Crippen LogP contribution in [0.15, 0.2) is 53.4 Å². The lowest BCUT2D eigenvalue weighted by molar-refractivity contribution is -0.132. The third-order valence-corrected chi connectivity index (χ3v) is 6.03. The van der Waals surface area contributed by atoms with Gasteiger partial charge in [0.1, 0.15) is 11.6 Å². The Morgan fingerprint density at radius 1 is 1.19 bits per heavy atom. The maximum absolute atomic E-state index is 14.1. The zero-order chi connectivity index (χ0) is 19.3. The van der Waals surface area contributed by atoms with Crippen LogP contribution >= 0.6 is 11.8 Å². The monoisotopic (exact) mass is 391 g/mol. The first kappa shape index (κ1) is 19.8. The van der Waals surface area contributed by atoms with Crippen molar-refractivity contribution in [2.45, 2.75) is 24.2 Å². The number of rotatable bonds is 6. The molecular formula is C21H23F2NO2S. The molecule has 1 heterocycles. The van der Waals surface area contributed by atoms with E-state index >= 15 is 0 Å². The second-order valence-corrected chi connectivity index (χ2v) is 8.14. The van der Waals surface area contributed by atoms with Gasteiger partial charge in [0.2, 0.25) is 5.91 Å². The Kier molecular flexibility index (Phi) is 6.50. The van der Waals surface area contributed by atoms with Crippen molar-refractivity contribution < 1.29 is 18.7 Å². The smallest absolute Gasteiger partial charge is 0.232 e. The van der Waals surface area contributed by atoms with Crippen LogP contribution in [0.1, 0.15) is 18.4 Å². The molecule has 1 aliphatic rings. The number of hydrogen-bond donors (Lipinski definition) is 1. The lowest BCUT2D eigenvalue weighted by Crippen LogP contribution is -2.49. The van der Waals surface area contributed by atoms with Gasteiger partial charge in [-0.2, -0.15) is 0 Å². The van der Waals surface area contributed by atoms with Gasteiger partial charge in [0.05, 0.1) is 12.4 Å². The van der Waals surface area contributed by atoms with Crippen molar-refractivity contribution in [1.82, 2.24) is 4.90 Å². The van der Waals surface area contributed by atoms with Crippen LogP contribution in [-0.4, -0.2) is 41.4 Å². The zero-order valence-corrected chi connectivity index (χ0v) is 15.9. The molecule has 144 valence electrons. The molecule has 2 aromatic rings. The topological polar surface area (TPSA) is 40.5 Å². The fourth-order valence-corrected chi connectivity index (χ4v) is 4.39. The van der Waals surface area contributed by atoms with E-state index in [1.807, 2.05) is 30.3 Å². The SMILES string of the molecule is O=C(CSc1ccccc1)N1CCC[C@@](CO)(Cc2ccc(F)cc2F)C1. The summed E-state index contributed by atoms with van der Waals surface area (Å²) in [4.78, 5) is 15.4. The minimum Gasteiger partial charge on any atom is -0.396 e. The molecule has 3 nitrogen and oxygen atoms in total. The fraction of sp³-hybridized carbons (Fsp3) is 0.381. The average molecular weight is 391 g/mol. The molecule has 1 saturated heterocycles. The zero-order valence-electron chi connectivity index (χ0n) is 15.0. The molecule has 1 fully saturated rings. The molecule has 1 aliphatic heterocycles. The summed E-state index contributed by atoms with van der Waals surface area (Å²) in [6, 6.07) is 13.2. The van der Waals surface area contributed by atoms with Crippen LogP contribution in [0.4, 0.5) is 8.78 Å². The van der Waals surface area contributed by atoms with E-state index in [1.54, 1.807) is 4.90 Å². The van der Waals surface area contributed by atoms with Crippen LogP contribution in [0.5, 0.6) is 0 Å². The molecule has 0 aliphatic carbocycles. The lowest BCUT2D eigenvalue weighted by Gasteiger charge is -2.42. The second kappa shape index (κ2) is 8.85. The van der Waals surface area contributed by atoms with Gasteiger partial charge in [-0.1, -0.05) is 24.3 Å². The lowest BCUT2D eigenvalue weighted by atomic mass is 9.75. The molecular weight excluding hydrogens is 368 g/mol. The van der Waals surface area contributed by atoms with Crippen LogP contribution in [0, 0.1) is 17.0 Å². The number of carbonyl (C=O) groups excluding carboxylic acids is 1. The van der Waals surface area contributed by atoms with E-state index in [-0.39, 0.29) is 18.9 Å². The van der Waals surface area contributed by atoms with Crippen molar-refractivity contribution in [1.29, 1.82) is 0 Å². The summed E-state index contributed by atoms with van der Waals surface area (Å²) in [6.45, 7) is 0.885. The fourth-order valence-electron chi connectivity index (χ4n) is 3.57. The third kappa shape index (κ3) is 5.08. The standard InChI is InChI=1S/C21H23F2NO2S/c22-17-8-7-16(19(23)11-17)12-21(15-25)9-4-10-24(14-21)20(26)13-27-18-5-2-1-3-6-18/h1-3,5-8,11,25H,4,9-10,12-15H2/t21-/m1/s1. The predicted molar refractivity (Wildman–Crippen MR) is 103 cm³/mol. The second-order valence-electron chi connectivity index (χ2n) is 7.09. The van der Waals surface area contributed by atoms with Crippen molar-refractivity contribution in [2.75, 3.05) is 25.4 Å². The first-order valence-electron chi connectivity index (χ1n) is 9.02. The predicted octanol–water partition coefficient (Wildman–Crippen LogP) is 3.90. The van der Waals surface area contributed by atoms with Gasteiger partial charge in [-0.25, -0.2) is 8.78 Å². The maximum atomic E-state index is 14.1. The van der Waals surface area contributed by atoms with Gasteiger partial charge < -0.3 is 10.0 Å². The van der Waals surface area contributed by atoms with Gasteiger partial charge in [0.25, 0.3) is 0 Å². The minimum atomic E-state index is -0.618. The largest absolute Gasteiger partial charge is 0.396 e. The van der Waals surface area contributed by atoms with Crippen LogP contribution in [0.25, 0.3) is 0 Å². The quantitative estimate of drug-likeness (QED) is 0.760. The molecule has 27 heavy (non-hydrogen) atoms. The number of piperidine rings is 1. The normalized spacial score (nSPS) is 19.9. The summed E-state index contributed by atoms with van der Waals surface area (Å²) in [6.07, 6.45) is 1.74. The van der Waals surface area contributed by atoms with Crippen LogP contribution in [0.3, 0.4) is 0 Å². The van der Waals surface area contributed by atoms with Crippen LogP contribution in [0.2, 0.25) is 0 Å². The Balaban J connectivity index is 1.66. The molecule has 0 aromatic heterocycles. The highest BCUT2D eigenvalue weighted by Gasteiger charge is 2.37. The summed E-state index contributed by atoms with van der Waals surface area (Å²) < 4.78 is 27.2. The summed E-state index contributed by atoms with van der Waals surface area (Å²) in [5, 5.41) is 10.0. The number of benzene rings is 2. The van der Waals surface area contributed by atoms with E-state index in [9.17, 15) is 18.7 Å². The van der Waals surface area contributed by atoms with Crippen molar-refractivity contribution in [3.05, 3.63) is 65.7 Å². The minimum absolute atomic E-state index is 0.0148. The highest BCUT2D eigenvalue weighted by molar-refractivity contribution is 8.00. The number of nitrogens with zero attached hydrogens (tertiary/aromatic N) is 1. The van der Waals surface area contributed by atoms with Crippen molar-refractivity contribution in [2.24, 2.45) is 5.41 Å². The molecule has 1 N–H and O–H groups in total. The Morgan fingerprint density at radius 3 is 2.67 bits per heavy atom. The van der Waals surface area contributed by atoms with Crippen LogP contribution < -0.4 is 0 Å². The van der Waals surface area contributed by atoms with E-state index < -0.39 is 17.0 Å². The molecule has 6 heteroatoms. The number of aliphatic hydroxyl groups excluding tert-OH is 1. The average Bonchev–Trinajstić information content (AvgIpc) is 2.69. The number of thioether (sulfide) groups is 1. The van der Waals surface area contributed by atoms with Crippen molar-refractivity contribution >= 4 is 17.7 Å². The van der Waals surface area contributed by atoms with Gasteiger partial charge in [-0.05, 0) is 43.0 Å². The number of carbonyl (C=O) groups is 1. The maximum Gasteiger partial charge on any atom is 0.232 e. The molecule has 0 spiro atoms. The molecule has 1 atom stereocenters. The van der Waals surface area contributed by atoms with E-state index in [2.05, 4.69) is 0 Å². The van der Waals surface area contributed by atoms with Crippen LogP contribution in [-0.2, 0) is 11.2 Å². The van der Waals surface area contributed by atoms with E-state index in [0.29, 0.717) is 30.8 Å². The highest BCUT2D eigenvalue weighted by atomic mass is 32.2. The molecule has 0 radical (unpaired) electrons. The third-order valence-electron chi connectivity index (χ3n) is 5.04. The number of likely N-dealkylation sites (tertiary alicyclic amines) is 1. The summed E-state index contributed by atoms with van der Waals surface area (Å²) in [5.74, 6) is -0.879.